The first-order valence-corrected chi connectivity index (χ1v) is 5.06. The molecule has 1 aromatic carbocycles. The third kappa shape index (κ3) is 4.49. The summed E-state index contributed by atoms with van der Waals surface area (Å²) in [6.45, 7) is 2.01. The zero-order chi connectivity index (χ0) is 11.1. The van der Waals surface area contributed by atoms with Crippen LogP contribution in [0.2, 0.25) is 0 Å². The third-order valence-electron chi connectivity index (χ3n) is 2.12. The highest BCUT2D eigenvalue weighted by Gasteiger charge is 2.02. The molecule has 1 rings (SSSR count). The smallest absolute Gasteiger partial charge is 0.0686 e. The first kappa shape index (κ1) is 11.6. The molecule has 0 heterocycles. The summed E-state index contributed by atoms with van der Waals surface area (Å²) in [6, 6.07) is 10.1. The fourth-order valence-electron chi connectivity index (χ4n) is 1.47. The molecule has 0 aliphatic carbocycles. The average molecular weight is 200 g/mol. The molecule has 15 heavy (non-hydrogen) atoms. The number of rotatable bonds is 4. The molecular weight excluding hydrogens is 184 g/mol. The normalized spacial score (nSPS) is 13.3. The largest absolute Gasteiger partial charge is 0.392 e. The summed E-state index contributed by atoms with van der Waals surface area (Å²) in [4.78, 5) is 0. The SMILES string of the molecule is C#CCC(O)C/C(C)=C\c1ccccc1. The fraction of sp³-hybridized carbons (Fsp3) is 0.286. The highest BCUT2D eigenvalue weighted by Crippen LogP contribution is 2.12. The van der Waals surface area contributed by atoms with Gasteiger partial charge in [-0.3, -0.25) is 0 Å². The van der Waals surface area contributed by atoms with E-state index >= 15 is 0 Å². The van der Waals surface area contributed by atoms with Crippen LogP contribution in [0.25, 0.3) is 6.08 Å². The summed E-state index contributed by atoms with van der Waals surface area (Å²) in [6.07, 6.45) is 7.83. The minimum Gasteiger partial charge on any atom is -0.392 e. The highest BCUT2D eigenvalue weighted by atomic mass is 16.3. The Balaban J connectivity index is 2.58. The van der Waals surface area contributed by atoms with Gasteiger partial charge in [0.2, 0.25) is 0 Å². The number of hydrogen-bond acceptors (Lipinski definition) is 1. The summed E-state index contributed by atoms with van der Waals surface area (Å²) < 4.78 is 0. The van der Waals surface area contributed by atoms with Crippen molar-refractivity contribution in [3.05, 3.63) is 41.5 Å². The Kier molecular flexibility index (Phi) is 4.66. The molecule has 1 N–H and O–H groups in total. The molecule has 0 aliphatic heterocycles. The van der Waals surface area contributed by atoms with Gasteiger partial charge in [0.1, 0.15) is 0 Å². The van der Waals surface area contributed by atoms with Gasteiger partial charge >= 0.3 is 0 Å². The van der Waals surface area contributed by atoms with Crippen molar-refractivity contribution in [1.82, 2.24) is 0 Å². The number of aliphatic hydroxyl groups excluding tert-OH is 1. The van der Waals surface area contributed by atoms with Gasteiger partial charge in [-0.1, -0.05) is 42.0 Å². The Labute approximate surface area is 91.5 Å². The van der Waals surface area contributed by atoms with Crippen LogP contribution in [-0.2, 0) is 0 Å². The Morgan fingerprint density at radius 3 is 2.73 bits per heavy atom. The van der Waals surface area contributed by atoms with Gasteiger partial charge in [0.25, 0.3) is 0 Å². The summed E-state index contributed by atoms with van der Waals surface area (Å²) >= 11 is 0. The quantitative estimate of drug-likeness (QED) is 0.741. The zero-order valence-electron chi connectivity index (χ0n) is 8.98. The molecule has 1 nitrogen and oxygen atoms in total. The zero-order valence-corrected chi connectivity index (χ0v) is 8.98. The van der Waals surface area contributed by atoms with Crippen molar-refractivity contribution in [2.75, 3.05) is 0 Å². The second kappa shape index (κ2) is 6.06. The molecule has 1 unspecified atom stereocenters. The minimum atomic E-state index is -0.421. The van der Waals surface area contributed by atoms with Gasteiger partial charge < -0.3 is 5.11 Å². The van der Waals surface area contributed by atoms with E-state index in [1.165, 1.54) is 0 Å². The van der Waals surface area contributed by atoms with Gasteiger partial charge in [0, 0.05) is 6.42 Å². The lowest BCUT2D eigenvalue weighted by molar-refractivity contribution is 0.181. The number of hydrogen-bond donors (Lipinski definition) is 1. The lowest BCUT2D eigenvalue weighted by Gasteiger charge is -2.07. The maximum absolute atomic E-state index is 9.51. The summed E-state index contributed by atoms with van der Waals surface area (Å²) in [7, 11) is 0. The Morgan fingerprint density at radius 1 is 1.47 bits per heavy atom. The van der Waals surface area contributed by atoms with E-state index in [1.54, 1.807) is 0 Å². The molecular formula is C14H16O. The fourth-order valence-corrected chi connectivity index (χ4v) is 1.47. The Hall–Kier alpha value is -1.52. The molecule has 0 fully saturated rings. The van der Waals surface area contributed by atoms with Gasteiger partial charge in [-0.2, -0.15) is 0 Å². The number of terminal acetylenes is 1. The molecule has 0 aliphatic rings. The Morgan fingerprint density at radius 2 is 2.13 bits per heavy atom. The van der Waals surface area contributed by atoms with Crippen LogP contribution in [0, 0.1) is 12.3 Å². The summed E-state index contributed by atoms with van der Waals surface area (Å²) in [5.74, 6) is 2.46. The molecule has 0 saturated heterocycles. The van der Waals surface area contributed by atoms with Crippen LogP contribution in [0.4, 0.5) is 0 Å². The molecule has 0 bridgehead atoms. The van der Waals surface area contributed by atoms with Crippen molar-refractivity contribution >= 4 is 6.08 Å². The van der Waals surface area contributed by atoms with Crippen LogP contribution in [0.1, 0.15) is 25.3 Å². The molecule has 1 heteroatoms. The lowest BCUT2D eigenvalue weighted by Crippen LogP contribution is -2.05. The molecule has 0 aromatic heterocycles. The molecule has 0 radical (unpaired) electrons. The van der Waals surface area contributed by atoms with E-state index in [1.807, 2.05) is 37.3 Å². The van der Waals surface area contributed by atoms with Crippen LogP contribution < -0.4 is 0 Å². The van der Waals surface area contributed by atoms with Gasteiger partial charge in [-0.15, -0.1) is 12.3 Å². The molecule has 0 saturated carbocycles. The average Bonchev–Trinajstić information content (AvgIpc) is 2.19. The second-order valence-electron chi connectivity index (χ2n) is 3.67. The predicted octanol–water partition coefficient (Wildman–Crippen LogP) is 2.86. The van der Waals surface area contributed by atoms with E-state index in [0.29, 0.717) is 12.8 Å². The minimum absolute atomic E-state index is 0.417. The first-order valence-electron chi connectivity index (χ1n) is 5.06. The Bertz CT molecular complexity index is 357. The maximum atomic E-state index is 9.51. The summed E-state index contributed by atoms with van der Waals surface area (Å²) in [5.41, 5.74) is 2.30. The molecule has 0 amide bonds. The van der Waals surface area contributed by atoms with Crippen molar-refractivity contribution < 1.29 is 5.11 Å². The van der Waals surface area contributed by atoms with Gasteiger partial charge in [0.05, 0.1) is 6.10 Å². The monoisotopic (exact) mass is 200 g/mol. The van der Waals surface area contributed by atoms with Crippen LogP contribution in [0.3, 0.4) is 0 Å². The van der Waals surface area contributed by atoms with Crippen LogP contribution in [0.5, 0.6) is 0 Å². The van der Waals surface area contributed by atoms with Crippen molar-refractivity contribution in [2.24, 2.45) is 0 Å². The lowest BCUT2D eigenvalue weighted by atomic mass is 10.0. The molecule has 0 spiro atoms. The van der Waals surface area contributed by atoms with Crippen molar-refractivity contribution in [3.63, 3.8) is 0 Å². The van der Waals surface area contributed by atoms with Crippen LogP contribution in [-0.4, -0.2) is 11.2 Å². The second-order valence-corrected chi connectivity index (χ2v) is 3.67. The maximum Gasteiger partial charge on any atom is 0.0686 e. The van der Waals surface area contributed by atoms with Gasteiger partial charge in [0.15, 0.2) is 0 Å². The van der Waals surface area contributed by atoms with Crippen molar-refractivity contribution in [1.29, 1.82) is 0 Å². The topological polar surface area (TPSA) is 20.2 Å². The van der Waals surface area contributed by atoms with Gasteiger partial charge in [-0.05, 0) is 18.9 Å². The van der Waals surface area contributed by atoms with E-state index in [2.05, 4.69) is 12.0 Å². The van der Waals surface area contributed by atoms with Crippen LogP contribution >= 0.6 is 0 Å². The van der Waals surface area contributed by atoms with Crippen molar-refractivity contribution in [2.45, 2.75) is 25.9 Å². The van der Waals surface area contributed by atoms with Crippen molar-refractivity contribution in [3.8, 4) is 12.3 Å². The molecule has 1 aromatic rings. The predicted molar refractivity (Wildman–Crippen MR) is 64.2 cm³/mol. The summed E-state index contributed by atoms with van der Waals surface area (Å²) in [5, 5.41) is 9.51. The number of benzene rings is 1. The van der Waals surface area contributed by atoms with E-state index in [-0.39, 0.29) is 0 Å². The van der Waals surface area contributed by atoms with E-state index in [4.69, 9.17) is 6.42 Å². The first-order chi connectivity index (χ1) is 7.22. The highest BCUT2D eigenvalue weighted by molar-refractivity contribution is 5.52. The standard InChI is InChI=1S/C14H16O/c1-3-7-14(15)11-12(2)10-13-8-5-4-6-9-13/h1,4-6,8-10,14-15H,7,11H2,2H3/b12-10-. The van der Waals surface area contributed by atoms with Gasteiger partial charge in [-0.25, -0.2) is 0 Å². The molecule has 78 valence electrons. The van der Waals surface area contributed by atoms with E-state index < -0.39 is 6.10 Å². The molecule has 1 atom stereocenters. The van der Waals surface area contributed by atoms with E-state index in [0.717, 1.165) is 11.1 Å². The third-order valence-corrected chi connectivity index (χ3v) is 2.12. The van der Waals surface area contributed by atoms with Crippen LogP contribution in [0.15, 0.2) is 35.9 Å². The number of aliphatic hydroxyl groups is 1. The van der Waals surface area contributed by atoms with E-state index in [9.17, 15) is 5.11 Å².